The molecule has 178 valence electrons. The number of nitrogen functional groups attached to an aromatic ring is 1. The van der Waals surface area contributed by atoms with Crippen LogP contribution in [0.15, 0.2) is 36.7 Å². The molecule has 4 aromatic rings. The van der Waals surface area contributed by atoms with Gasteiger partial charge in [-0.05, 0) is 12.1 Å². The van der Waals surface area contributed by atoms with Gasteiger partial charge >= 0.3 is 0 Å². The first-order chi connectivity index (χ1) is 17.0. The van der Waals surface area contributed by atoms with Crippen molar-refractivity contribution in [1.82, 2.24) is 19.9 Å². The number of thiophene rings is 1. The summed E-state index contributed by atoms with van der Waals surface area (Å²) in [6.07, 6.45) is 4.02. The number of anilines is 3. The minimum Gasteiger partial charge on any atom is -0.398 e. The average molecular weight is 490 g/mol. The smallest absolute Gasteiger partial charge is 0.251 e. The number of aromatic nitrogens is 4. The molecule has 1 saturated heterocycles. The van der Waals surface area contributed by atoms with E-state index in [1.807, 2.05) is 18.2 Å². The largest absolute Gasteiger partial charge is 0.398 e. The molecule has 4 heterocycles. The molecule has 1 aliphatic heterocycles. The Morgan fingerprint density at radius 2 is 2.00 bits per heavy atom. The van der Waals surface area contributed by atoms with Gasteiger partial charge in [-0.15, -0.1) is 11.3 Å². The summed E-state index contributed by atoms with van der Waals surface area (Å²) in [4.78, 5) is 32.5. The topological polar surface area (TPSA) is 169 Å². The molecule has 5 rings (SSSR count). The van der Waals surface area contributed by atoms with Gasteiger partial charge in [0.2, 0.25) is 5.95 Å². The third-order valence-corrected chi connectivity index (χ3v) is 6.72. The van der Waals surface area contributed by atoms with Crippen molar-refractivity contribution in [3.63, 3.8) is 0 Å². The highest BCUT2D eigenvalue weighted by molar-refractivity contribution is 7.19. The summed E-state index contributed by atoms with van der Waals surface area (Å²) < 4.78 is 6.51. The number of rotatable bonds is 7. The number of nitrogens with two attached hydrogens (primary N) is 2. The Balaban J connectivity index is 1.52. The van der Waals surface area contributed by atoms with E-state index in [2.05, 4.69) is 20.2 Å². The first-order valence-corrected chi connectivity index (χ1v) is 11.7. The maximum absolute atomic E-state index is 11.2. The number of nitrogens with zero attached hydrogens (tertiary/aromatic N) is 5. The molecule has 1 fully saturated rings. The van der Waals surface area contributed by atoms with E-state index < -0.39 is 5.91 Å². The lowest BCUT2D eigenvalue weighted by atomic mass is 10.1. The van der Waals surface area contributed by atoms with E-state index in [9.17, 15) is 4.79 Å². The maximum Gasteiger partial charge on any atom is 0.251 e. The molecule has 1 amide bonds. The third-order valence-electron chi connectivity index (χ3n) is 5.60. The van der Waals surface area contributed by atoms with Gasteiger partial charge in [0.05, 0.1) is 35.5 Å². The van der Waals surface area contributed by atoms with Crippen LogP contribution >= 0.6 is 11.3 Å². The van der Waals surface area contributed by atoms with Crippen molar-refractivity contribution in [3.8, 4) is 11.4 Å². The zero-order valence-electron chi connectivity index (χ0n) is 18.7. The van der Waals surface area contributed by atoms with Gasteiger partial charge in [-0.1, -0.05) is 12.1 Å². The Bertz CT molecular complexity index is 1400. The lowest BCUT2D eigenvalue weighted by molar-refractivity contribution is 0.0999. The van der Waals surface area contributed by atoms with Crippen molar-refractivity contribution in [2.45, 2.75) is 6.54 Å². The van der Waals surface area contributed by atoms with Crippen LogP contribution in [0.2, 0.25) is 0 Å². The molecule has 6 N–H and O–H groups in total. The Kier molecular flexibility index (Phi) is 6.21. The number of hydrogen-bond donors (Lipinski definition) is 4. The highest BCUT2D eigenvalue weighted by Crippen LogP contribution is 2.35. The number of ether oxygens (including phenoxy) is 1. The number of primary amides is 1. The van der Waals surface area contributed by atoms with Gasteiger partial charge in [0.25, 0.3) is 5.91 Å². The first-order valence-electron chi connectivity index (χ1n) is 10.9. The molecule has 0 radical (unpaired) electrons. The lowest BCUT2D eigenvalue weighted by Crippen LogP contribution is -2.36. The van der Waals surface area contributed by atoms with E-state index in [1.165, 1.54) is 18.6 Å². The van der Waals surface area contributed by atoms with Crippen molar-refractivity contribution in [3.05, 3.63) is 52.7 Å². The fourth-order valence-corrected chi connectivity index (χ4v) is 4.87. The van der Waals surface area contributed by atoms with Gasteiger partial charge in [-0.2, -0.15) is 0 Å². The Morgan fingerprint density at radius 1 is 1.23 bits per heavy atom. The van der Waals surface area contributed by atoms with E-state index in [-0.39, 0.29) is 5.56 Å². The van der Waals surface area contributed by atoms with Crippen molar-refractivity contribution in [1.29, 1.82) is 5.41 Å². The number of amides is 1. The fourth-order valence-electron chi connectivity index (χ4n) is 3.81. The molecule has 1 aromatic carbocycles. The SMILES string of the molecule is N=Cc1c(N)cccc1-c1nc(N2CCOCC2)c2sc(CNc3ncc(C(N)=O)cn3)cc2n1. The van der Waals surface area contributed by atoms with Crippen molar-refractivity contribution < 1.29 is 9.53 Å². The molecule has 12 heteroatoms. The Morgan fingerprint density at radius 3 is 2.71 bits per heavy atom. The molecule has 0 aliphatic carbocycles. The molecule has 0 atom stereocenters. The molecular formula is C23H23N9O2S. The van der Waals surface area contributed by atoms with Crippen LogP contribution in [0.4, 0.5) is 17.5 Å². The second-order valence-corrected chi connectivity index (χ2v) is 9.00. The number of morpholine rings is 1. The quantitative estimate of drug-likeness (QED) is 0.225. The van der Waals surface area contributed by atoms with Gasteiger partial charge in [0.1, 0.15) is 0 Å². The fraction of sp³-hybridized carbons (Fsp3) is 0.217. The normalized spacial score (nSPS) is 13.7. The lowest BCUT2D eigenvalue weighted by Gasteiger charge is -2.28. The van der Waals surface area contributed by atoms with E-state index in [0.29, 0.717) is 48.3 Å². The highest BCUT2D eigenvalue weighted by atomic mass is 32.1. The minimum atomic E-state index is -0.572. The maximum atomic E-state index is 11.2. The second kappa shape index (κ2) is 9.60. The molecular weight excluding hydrogens is 466 g/mol. The van der Waals surface area contributed by atoms with Crippen molar-refractivity contribution in [2.75, 3.05) is 42.3 Å². The van der Waals surface area contributed by atoms with Gasteiger partial charge in [-0.3, -0.25) is 4.79 Å². The third kappa shape index (κ3) is 4.61. The van der Waals surface area contributed by atoms with Gasteiger partial charge in [0, 0.05) is 53.4 Å². The van der Waals surface area contributed by atoms with E-state index >= 15 is 0 Å². The molecule has 11 nitrogen and oxygen atoms in total. The van der Waals surface area contributed by atoms with Crippen LogP contribution in [0.3, 0.4) is 0 Å². The summed E-state index contributed by atoms with van der Waals surface area (Å²) >= 11 is 1.59. The van der Waals surface area contributed by atoms with Crippen LogP contribution in [-0.2, 0) is 11.3 Å². The molecule has 0 bridgehead atoms. The summed E-state index contributed by atoms with van der Waals surface area (Å²) in [7, 11) is 0. The summed E-state index contributed by atoms with van der Waals surface area (Å²) in [6, 6.07) is 7.49. The van der Waals surface area contributed by atoms with E-state index in [4.69, 9.17) is 31.6 Å². The average Bonchev–Trinajstić information content (AvgIpc) is 3.30. The summed E-state index contributed by atoms with van der Waals surface area (Å²) in [5.41, 5.74) is 14.2. The Labute approximate surface area is 204 Å². The Hall–Kier alpha value is -4.16. The number of carbonyl (C=O) groups is 1. The molecule has 35 heavy (non-hydrogen) atoms. The first kappa shape index (κ1) is 22.6. The standard InChI is InChI=1S/C23H23N9O2S/c24-9-16-15(2-1-3-17(16)25)21-30-18-8-14(12-29-23-27-10-13(11-28-23)20(26)33)35-19(18)22(31-21)32-4-6-34-7-5-32/h1-3,8-11,24H,4-7,12,25H2,(H2,26,33)(H,27,28,29). The number of hydrogen-bond acceptors (Lipinski definition) is 11. The van der Waals surface area contributed by atoms with Crippen LogP contribution in [0.1, 0.15) is 20.8 Å². The predicted molar refractivity (Wildman–Crippen MR) is 136 cm³/mol. The van der Waals surface area contributed by atoms with Crippen LogP contribution < -0.4 is 21.7 Å². The molecule has 0 unspecified atom stereocenters. The van der Waals surface area contributed by atoms with Crippen molar-refractivity contribution >= 4 is 51.1 Å². The second-order valence-electron chi connectivity index (χ2n) is 7.86. The molecule has 0 saturated carbocycles. The summed E-state index contributed by atoms with van der Waals surface area (Å²) in [5.74, 6) is 1.18. The highest BCUT2D eigenvalue weighted by Gasteiger charge is 2.21. The van der Waals surface area contributed by atoms with Crippen LogP contribution in [0.25, 0.3) is 21.6 Å². The van der Waals surface area contributed by atoms with Crippen LogP contribution in [0.5, 0.6) is 0 Å². The monoisotopic (exact) mass is 489 g/mol. The zero-order valence-corrected chi connectivity index (χ0v) is 19.5. The summed E-state index contributed by atoms with van der Waals surface area (Å²) in [5, 5.41) is 11.0. The number of fused-ring (bicyclic) bond motifs is 1. The zero-order chi connectivity index (χ0) is 24.4. The predicted octanol–water partition coefficient (Wildman–Crippen LogP) is 2.28. The van der Waals surface area contributed by atoms with Gasteiger partial charge < -0.3 is 31.8 Å². The van der Waals surface area contributed by atoms with Crippen LogP contribution in [-0.4, -0.2) is 58.4 Å². The number of nitrogens with one attached hydrogen (secondary N) is 2. The van der Waals surface area contributed by atoms with Gasteiger partial charge in [-0.25, -0.2) is 19.9 Å². The molecule has 0 spiro atoms. The van der Waals surface area contributed by atoms with Crippen molar-refractivity contribution in [2.24, 2.45) is 5.73 Å². The van der Waals surface area contributed by atoms with Gasteiger partial charge in [0.15, 0.2) is 11.6 Å². The molecule has 1 aliphatic rings. The van der Waals surface area contributed by atoms with Crippen LogP contribution in [0, 0.1) is 5.41 Å². The van der Waals surface area contributed by atoms with E-state index in [0.717, 1.165) is 34.0 Å². The number of carbonyl (C=O) groups excluding carboxylic acids is 1. The summed E-state index contributed by atoms with van der Waals surface area (Å²) in [6.45, 7) is 3.18. The van der Waals surface area contributed by atoms with E-state index in [1.54, 1.807) is 17.4 Å². The number of benzene rings is 1. The minimum absolute atomic E-state index is 0.251. The molecule has 3 aromatic heterocycles.